The number of ether oxygens (including phenoxy) is 4. The Balaban J connectivity index is 3.62. The Hall–Kier alpha value is -3.94. The summed E-state index contributed by atoms with van der Waals surface area (Å²) in [6.07, 6.45) is 5.31. The van der Waals surface area contributed by atoms with Gasteiger partial charge in [0.2, 0.25) is 0 Å². The maximum atomic E-state index is 12.4. The van der Waals surface area contributed by atoms with Crippen molar-refractivity contribution < 1.29 is 38.1 Å². The molecule has 0 aliphatic heterocycles. The van der Waals surface area contributed by atoms with Crippen molar-refractivity contribution >= 4 is 23.9 Å². The van der Waals surface area contributed by atoms with E-state index in [9.17, 15) is 19.2 Å². The summed E-state index contributed by atoms with van der Waals surface area (Å²) in [6.45, 7) is 13.2. The van der Waals surface area contributed by atoms with Gasteiger partial charge in [0, 0.05) is 0 Å². The van der Waals surface area contributed by atoms with Crippen LogP contribution in [0.3, 0.4) is 0 Å². The van der Waals surface area contributed by atoms with Gasteiger partial charge in [-0.25, -0.2) is 19.2 Å². The Morgan fingerprint density at radius 3 is 0.900 bits per heavy atom. The molecule has 0 radical (unpaired) electrons. The molecule has 1 aromatic rings. The van der Waals surface area contributed by atoms with E-state index < -0.39 is 23.9 Å². The van der Waals surface area contributed by atoms with Crippen molar-refractivity contribution in [3.8, 4) is 0 Å². The standard InChI is InChI=1S/C22H22O8/c1-5-9-27-19(23)15-13-17(21(25)29-11-7-3)18(22(26)30-12-8-4)14-16(15)20(24)28-10-6-2/h5-8,13-14H,1-4,9-12H2. The molecule has 0 heterocycles. The zero-order valence-corrected chi connectivity index (χ0v) is 16.4. The number of hydrogen-bond donors (Lipinski definition) is 0. The maximum Gasteiger partial charge on any atom is 0.339 e. The van der Waals surface area contributed by atoms with Crippen molar-refractivity contribution in [1.82, 2.24) is 0 Å². The van der Waals surface area contributed by atoms with Crippen LogP contribution in [-0.4, -0.2) is 50.3 Å². The molecule has 0 bridgehead atoms. The quantitative estimate of drug-likeness (QED) is 0.292. The largest absolute Gasteiger partial charge is 0.458 e. The highest BCUT2D eigenvalue weighted by Crippen LogP contribution is 2.22. The SMILES string of the molecule is C=CCOC(=O)c1cc(C(=O)OCC=C)c(C(=O)OCC=C)cc1C(=O)OCC=C. The van der Waals surface area contributed by atoms with Crippen LogP contribution in [0.25, 0.3) is 0 Å². The van der Waals surface area contributed by atoms with Gasteiger partial charge in [-0.15, -0.1) is 0 Å². The third kappa shape index (κ3) is 6.59. The van der Waals surface area contributed by atoms with Crippen LogP contribution in [0, 0.1) is 0 Å². The first-order valence-corrected chi connectivity index (χ1v) is 8.71. The second-order valence-corrected chi connectivity index (χ2v) is 5.49. The Morgan fingerprint density at radius 2 is 0.733 bits per heavy atom. The molecule has 8 nitrogen and oxygen atoms in total. The lowest BCUT2D eigenvalue weighted by Crippen LogP contribution is -2.20. The van der Waals surface area contributed by atoms with E-state index >= 15 is 0 Å². The summed E-state index contributed by atoms with van der Waals surface area (Å²) in [5, 5.41) is 0. The molecule has 0 aliphatic carbocycles. The summed E-state index contributed by atoms with van der Waals surface area (Å²) in [4.78, 5) is 49.8. The van der Waals surface area contributed by atoms with Gasteiger partial charge in [0.15, 0.2) is 0 Å². The van der Waals surface area contributed by atoms with Gasteiger partial charge in [0.1, 0.15) is 26.4 Å². The van der Waals surface area contributed by atoms with Gasteiger partial charge in [0.25, 0.3) is 0 Å². The van der Waals surface area contributed by atoms with Crippen LogP contribution in [0.1, 0.15) is 41.4 Å². The number of carbonyl (C=O) groups excluding carboxylic acids is 4. The van der Waals surface area contributed by atoms with Gasteiger partial charge in [0.05, 0.1) is 22.3 Å². The highest BCUT2D eigenvalue weighted by atomic mass is 16.5. The number of rotatable bonds is 12. The number of esters is 4. The van der Waals surface area contributed by atoms with Gasteiger partial charge >= 0.3 is 23.9 Å². The predicted octanol–water partition coefficient (Wildman–Crippen LogP) is 3.06. The second-order valence-electron chi connectivity index (χ2n) is 5.49. The number of hydrogen-bond acceptors (Lipinski definition) is 8. The third-order valence-corrected chi connectivity index (χ3v) is 3.37. The van der Waals surface area contributed by atoms with Crippen molar-refractivity contribution in [1.29, 1.82) is 0 Å². The Morgan fingerprint density at radius 1 is 0.533 bits per heavy atom. The third-order valence-electron chi connectivity index (χ3n) is 3.37. The van der Waals surface area contributed by atoms with E-state index in [1.165, 1.54) is 24.3 Å². The van der Waals surface area contributed by atoms with Crippen LogP contribution in [0.5, 0.6) is 0 Å². The lowest BCUT2D eigenvalue weighted by molar-refractivity contribution is 0.0487. The molecular formula is C22H22O8. The zero-order valence-electron chi connectivity index (χ0n) is 16.4. The molecule has 0 N–H and O–H groups in total. The minimum atomic E-state index is -0.927. The lowest BCUT2D eigenvalue weighted by Gasteiger charge is -2.14. The van der Waals surface area contributed by atoms with Crippen molar-refractivity contribution in [2.45, 2.75) is 0 Å². The summed E-state index contributed by atoms with van der Waals surface area (Å²) in [7, 11) is 0. The molecule has 0 unspecified atom stereocenters. The second kappa shape index (κ2) is 12.5. The zero-order chi connectivity index (χ0) is 22.5. The van der Waals surface area contributed by atoms with Crippen LogP contribution in [0.4, 0.5) is 0 Å². The fraction of sp³-hybridized carbons (Fsp3) is 0.182. The Labute approximate surface area is 174 Å². The van der Waals surface area contributed by atoms with Crippen molar-refractivity contribution in [3.05, 3.63) is 85.0 Å². The highest BCUT2D eigenvalue weighted by molar-refractivity contribution is 6.10. The van der Waals surface area contributed by atoms with Crippen LogP contribution >= 0.6 is 0 Å². The van der Waals surface area contributed by atoms with Crippen molar-refractivity contribution in [3.63, 3.8) is 0 Å². The molecule has 158 valence electrons. The normalized spacial score (nSPS) is 9.60. The number of carbonyl (C=O) groups is 4. The fourth-order valence-electron chi connectivity index (χ4n) is 2.12. The van der Waals surface area contributed by atoms with Gasteiger partial charge in [-0.3, -0.25) is 0 Å². The fourth-order valence-corrected chi connectivity index (χ4v) is 2.12. The van der Waals surface area contributed by atoms with Crippen molar-refractivity contribution in [2.24, 2.45) is 0 Å². The molecule has 1 rings (SSSR count). The Kier molecular flexibility index (Phi) is 10.0. The van der Waals surface area contributed by atoms with E-state index in [0.29, 0.717) is 0 Å². The van der Waals surface area contributed by atoms with E-state index in [2.05, 4.69) is 26.3 Å². The molecule has 1 aromatic carbocycles. The van der Waals surface area contributed by atoms with Gasteiger partial charge in [-0.2, -0.15) is 0 Å². The molecule has 0 aliphatic rings. The minimum Gasteiger partial charge on any atom is -0.458 e. The van der Waals surface area contributed by atoms with Crippen LogP contribution < -0.4 is 0 Å². The van der Waals surface area contributed by atoms with Crippen LogP contribution in [0.2, 0.25) is 0 Å². The summed E-state index contributed by atoms with van der Waals surface area (Å²) >= 11 is 0. The lowest BCUT2D eigenvalue weighted by atomic mass is 9.98. The predicted molar refractivity (Wildman–Crippen MR) is 108 cm³/mol. The summed E-state index contributed by atoms with van der Waals surface area (Å²) in [5.41, 5.74) is -1.18. The van der Waals surface area contributed by atoms with E-state index in [1.807, 2.05) is 0 Å². The molecular weight excluding hydrogens is 392 g/mol. The van der Waals surface area contributed by atoms with Gasteiger partial charge in [-0.05, 0) is 12.1 Å². The summed E-state index contributed by atoms with van der Waals surface area (Å²) in [6, 6.07) is 2.04. The highest BCUT2D eigenvalue weighted by Gasteiger charge is 2.28. The topological polar surface area (TPSA) is 105 Å². The molecule has 8 heteroatoms. The smallest absolute Gasteiger partial charge is 0.339 e. The molecule has 0 fully saturated rings. The monoisotopic (exact) mass is 414 g/mol. The van der Waals surface area contributed by atoms with Crippen LogP contribution in [0.15, 0.2) is 62.8 Å². The first-order valence-electron chi connectivity index (χ1n) is 8.71. The van der Waals surface area contributed by atoms with E-state index in [1.54, 1.807) is 0 Å². The first kappa shape index (κ1) is 24.1. The van der Waals surface area contributed by atoms with Crippen LogP contribution in [-0.2, 0) is 18.9 Å². The average Bonchev–Trinajstić information content (AvgIpc) is 2.76. The molecule has 0 amide bonds. The first-order chi connectivity index (χ1) is 14.4. The molecule has 0 saturated carbocycles. The van der Waals surface area contributed by atoms with Crippen molar-refractivity contribution in [2.75, 3.05) is 26.4 Å². The molecule has 0 atom stereocenters. The van der Waals surface area contributed by atoms with Gasteiger partial charge in [-0.1, -0.05) is 50.6 Å². The van der Waals surface area contributed by atoms with E-state index in [4.69, 9.17) is 18.9 Å². The van der Waals surface area contributed by atoms with E-state index in [0.717, 1.165) is 12.1 Å². The van der Waals surface area contributed by atoms with Gasteiger partial charge < -0.3 is 18.9 Å². The minimum absolute atomic E-state index is 0.140. The Bertz CT molecular complexity index is 728. The maximum absolute atomic E-state index is 12.4. The molecule has 0 saturated heterocycles. The molecule has 30 heavy (non-hydrogen) atoms. The molecule has 0 spiro atoms. The summed E-state index contributed by atoms with van der Waals surface area (Å²) in [5.74, 6) is -3.71. The summed E-state index contributed by atoms with van der Waals surface area (Å²) < 4.78 is 19.9. The van der Waals surface area contributed by atoms with E-state index in [-0.39, 0.29) is 48.7 Å². The molecule has 0 aromatic heterocycles. The number of benzene rings is 1. The average molecular weight is 414 g/mol.